The van der Waals surface area contributed by atoms with Crippen molar-refractivity contribution in [1.29, 1.82) is 5.26 Å². The van der Waals surface area contributed by atoms with Gasteiger partial charge in [0.15, 0.2) is 16.6 Å². The topological polar surface area (TPSA) is 106 Å². The van der Waals surface area contributed by atoms with E-state index in [0.29, 0.717) is 10.7 Å². The molecule has 3 rings (SSSR count). The molecule has 3 aromatic rings. The van der Waals surface area contributed by atoms with Gasteiger partial charge in [0.2, 0.25) is 0 Å². The number of carbonyl (C=O) groups is 1. The molecule has 24 heavy (non-hydrogen) atoms. The lowest BCUT2D eigenvalue weighted by atomic mass is 10.1. The van der Waals surface area contributed by atoms with Crippen LogP contribution in [0.5, 0.6) is 11.5 Å². The van der Waals surface area contributed by atoms with Gasteiger partial charge in [-0.15, -0.1) is 0 Å². The maximum atomic E-state index is 12.2. The molecule has 1 aromatic heterocycles. The minimum Gasteiger partial charge on any atom is -0.504 e. The van der Waals surface area contributed by atoms with Crippen molar-refractivity contribution in [3.8, 4) is 17.6 Å². The van der Waals surface area contributed by atoms with Crippen LogP contribution >= 0.6 is 11.3 Å². The maximum absolute atomic E-state index is 12.2. The molecule has 7 heteroatoms. The van der Waals surface area contributed by atoms with Crippen LogP contribution in [0.1, 0.15) is 5.56 Å². The largest absolute Gasteiger partial charge is 0.504 e. The first-order valence-corrected chi connectivity index (χ1v) is 7.69. The van der Waals surface area contributed by atoms with E-state index in [0.717, 1.165) is 10.2 Å². The summed E-state index contributed by atoms with van der Waals surface area (Å²) in [6.07, 6.45) is 1.32. The van der Waals surface area contributed by atoms with Crippen LogP contribution in [0.3, 0.4) is 0 Å². The number of phenols is 2. The highest BCUT2D eigenvalue weighted by Gasteiger charge is 2.13. The van der Waals surface area contributed by atoms with Gasteiger partial charge >= 0.3 is 0 Å². The fourth-order valence-corrected chi connectivity index (χ4v) is 2.90. The van der Waals surface area contributed by atoms with Gasteiger partial charge in [-0.05, 0) is 35.9 Å². The molecule has 0 aliphatic carbocycles. The molecule has 0 aliphatic heterocycles. The van der Waals surface area contributed by atoms with Gasteiger partial charge in [-0.3, -0.25) is 10.1 Å². The van der Waals surface area contributed by atoms with E-state index in [2.05, 4.69) is 10.3 Å². The molecule has 0 radical (unpaired) electrons. The number of fused-ring (bicyclic) bond motifs is 1. The van der Waals surface area contributed by atoms with Crippen molar-refractivity contribution in [2.45, 2.75) is 0 Å². The smallest absolute Gasteiger partial charge is 0.268 e. The van der Waals surface area contributed by atoms with Gasteiger partial charge in [0.05, 0.1) is 10.2 Å². The summed E-state index contributed by atoms with van der Waals surface area (Å²) in [5, 5.41) is 30.9. The quantitative estimate of drug-likeness (QED) is 0.386. The number of aromatic nitrogens is 1. The third-order valence-electron chi connectivity index (χ3n) is 3.19. The molecular formula is C17H11N3O3S. The normalized spacial score (nSPS) is 11.2. The number of rotatable bonds is 3. The molecule has 2 aromatic carbocycles. The molecule has 0 atom stereocenters. The number of hydrogen-bond acceptors (Lipinski definition) is 6. The Morgan fingerprint density at radius 2 is 2.00 bits per heavy atom. The van der Waals surface area contributed by atoms with Crippen molar-refractivity contribution in [2.75, 3.05) is 5.32 Å². The zero-order chi connectivity index (χ0) is 17.1. The first-order valence-electron chi connectivity index (χ1n) is 6.87. The van der Waals surface area contributed by atoms with Crippen molar-refractivity contribution in [2.24, 2.45) is 0 Å². The number of anilines is 1. The van der Waals surface area contributed by atoms with Gasteiger partial charge in [-0.1, -0.05) is 29.5 Å². The average molecular weight is 337 g/mol. The number of amides is 1. The van der Waals surface area contributed by atoms with Gasteiger partial charge in [-0.25, -0.2) is 4.98 Å². The zero-order valence-corrected chi connectivity index (χ0v) is 13.0. The Kier molecular flexibility index (Phi) is 4.14. The van der Waals surface area contributed by atoms with Gasteiger partial charge in [0, 0.05) is 0 Å². The van der Waals surface area contributed by atoms with E-state index < -0.39 is 5.91 Å². The fraction of sp³-hybridized carbons (Fsp3) is 0. The third kappa shape index (κ3) is 3.19. The molecule has 3 N–H and O–H groups in total. The van der Waals surface area contributed by atoms with Crippen molar-refractivity contribution < 1.29 is 15.0 Å². The fourth-order valence-electron chi connectivity index (χ4n) is 2.04. The summed E-state index contributed by atoms with van der Waals surface area (Å²) in [6.45, 7) is 0. The number of nitrogens with zero attached hydrogens (tertiary/aromatic N) is 2. The number of hydrogen-bond donors (Lipinski definition) is 3. The summed E-state index contributed by atoms with van der Waals surface area (Å²) in [4.78, 5) is 16.5. The summed E-state index contributed by atoms with van der Waals surface area (Å²) in [6, 6.07) is 13.3. The number of carbonyl (C=O) groups excluding carboxylic acids is 1. The predicted octanol–water partition coefficient (Wildman–Crippen LogP) is 3.25. The van der Waals surface area contributed by atoms with Crippen LogP contribution in [0.2, 0.25) is 0 Å². The number of para-hydroxylation sites is 1. The summed E-state index contributed by atoms with van der Waals surface area (Å²) in [5.41, 5.74) is 1.05. The molecule has 0 fully saturated rings. The van der Waals surface area contributed by atoms with Crippen molar-refractivity contribution in [3.63, 3.8) is 0 Å². The first kappa shape index (κ1) is 15.5. The molecule has 1 heterocycles. The molecule has 0 bridgehead atoms. The van der Waals surface area contributed by atoms with E-state index in [-0.39, 0.29) is 17.1 Å². The molecule has 0 saturated heterocycles. The van der Waals surface area contributed by atoms with Crippen LogP contribution in [0.4, 0.5) is 5.13 Å². The van der Waals surface area contributed by atoms with E-state index in [9.17, 15) is 20.3 Å². The second kappa shape index (κ2) is 6.40. The van der Waals surface area contributed by atoms with Crippen molar-refractivity contribution >= 4 is 38.7 Å². The number of aromatic hydroxyl groups is 2. The van der Waals surface area contributed by atoms with Crippen LogP contribution in [-0.2, 0) is 4.79 Å². The van der Waals surface area contributed by atoms with E-state index in [1.54, 1.807) is 0 Å². The molecule has 6 nitrogen and oxygen atoms in total. The maximum Gasteiger partial charge on any atom is 0.268 e. The van der Waals surface area contributed by atoms with E-state index >= 15 is 0 Å². The van der Waals surface area contributed by atoms with Crippen molar-refractivity contribution in [1.82, 2.24) is 4.98 Å². The lowest BCUT2D eigenvalue weighted by Crippen LogP contribution is -2.13. The number of thiazole rings is 1. The Bertz CT molecular complexity index is 969. The summed E-state index contributed by atoms with van der Waals surface area (Å²) < 4.78 is 0.929. The highest BCUT2D eigenvalue weighted by molar-refractivity contribution is 7.22. The van der Waals surface area contributed by atoms with Crippen LogP contribution in [0.25, 0.3) is 16.3 Å². The number of benzene rings is 2. The van der Waals surface area contributed by atoms with Gasteiger partial charge in [0.25, 0.3) is 5.91 Å². The SMILES string of the molecule is N#C/C(=C\c1ccc(O)c(O)c1)C(=O)Nc1nc2ccccc2s1. The molecule has 0 aliphatic rings. The Morgan fingerprint density at radius 1 is 1.21 bits per heavy atom. The summed E-state index contributed by atoms with van der Waals surface area (Å²) in [7, 11) is 0. The highest BCUT2D eigenvalue weighted by atomic mass is 32.1. The molecule has 0 spiro atoms. The predicted molar refractivity (Wildman–Crippen MR) is 91.6 cm³/mol. The second-order valence-electron chi connectivity index (χ2n) is 4.86. The van der Waals surface area contributed by atoms with E-state index in [1.807, 2.05) is 30.3 Å². The Labute approximate surface area is 140 Å². The average Bonchev–Trinajstić information content (AvgIpc) is 2.97. The van der Waals surface area contributed by atoms with E-state index in [1.165, 1.54) is 35.6 Å². The highest BCUT2D eigenvalue weighted by Crippen LogP contribution is 2.27. The molecule has 0 saturated carbocycles. The first-order chi connectivity index (χ1) is 11.6. The lowest BCUT2D eigenvalue weighted by molar-refractivity contribution is -0.112. The Hall–Kier alpha value is -3.37. The molecule has 0 unspecified atom stereocenters. The zero-order valence-electron chi connectivity index (χ0n) is 12.2. The number of nitrogens with one attached hydrogen (secondary N) is 1. The van der Waals surface area contributed by atoms with E-state index in [4.69, 9.17) is 0 Å². The lowest BCUT2D eigenvalue weighted by Gasteiger charge is -2.01. The Balaban J connectivity index is 1.84. The third-order valence-corrected chi connectivity index (χ3v) is 4.14. The van der Waals surface area contributed by atoms with Crippen LogP contribution in [-0.4, -0.2) is 21.1 Å². The minimum absolute atomic E-state index is 0.139. The number of phenolic OH excluding ortho intramolecular Hbond substituents is 2. The Morgan fingerprint density at radius 3 is 2.71 bits per heavy atom. The van der Waals surface area contributed by atoms with Crippen LogP contribution in [0, 0.1) is 11.3 Å². The molecule has 1 amide bonds. The van der Waals surface area contributed by atoms with Crippen LogP contribution in [0.15, 0.2) is 48.0 Å². The molecular weight excluding hydrogens is 326 g/mol. The van der Waals surface area contributed by atoms with Crippen LogP contribution < -0.4 is 5.32 Å². The second-order valence-corrected chi connectivity index (χ2v) is 5.89. The molecule has 118 valence electrons. The van der Waals surface area contributed by atoms with Crippen molar-refractivity contribution in [3.05, 3.63) is 53.6 Å². The van der Waals surface area contributed by atoms with Gasteiger partial charge in [0.1, 0.15) is 11.6 Å². The standard InChI is InChI=1S/C17H11N3O3S/c18-9-11(7-10-5-6-13(21)14(22)8-10)16(23)20-17-19-12-3-1-2-4-15(12)24-17/h1-8,21-22H,(H,19,20,23)/b11-7+. The monoisotopic (exact) mass is 337 g/mol. The minimum atomic E-state index is -0.593. The van der Waals surface area contributed by atoms with Gasteiger partial charge < -0.3 is 10.2 Å². The number of nitriles is 1. The summed E-state index contributed by atoms with van der Waals surface area (Å²) in [5.74, 6) is -1.19. The summed E-state index contributed by atoms with van der Waals surface area (Å²) >= 11 is 1.31. The van der Waals surface area contributed by atoms with Gasteiger partial charge in [-0.2, -0.15) is 5.26 Å².